The Morgan fingerprint density at radius 1 is 1.20 bits per heavy atom. The van der Waals surface area contributed by atoms with Crippen LogP contribution in [0.15, 0.2) is 36.5 Å². The third-order valence-electron chi connectivity index (χ3n) is 4.66. The van der Waals surface area contributed by atoms with Crippen molar-refractivity contribution < 1.29 is 18.6 Å². The smallest absolute Gasteiger partial charge is 0.194 e. The number of phenolic OH excluding ortho intramolecular Hbond substituents is 1. The van der Waals surface area contributed by atoms with Gasteiger partial charge in [-0.25, -0.2) is 13.5 Å². The summed E-state index contributed by atoms with van der Waals surface area (Å²) >= 11 is 0. The lowest BCUT2D eigenvalue weighted by Crippen LogP contribution is -2.22. The molecule has 0 aliphatic carbocycles. The Hall–Kier alpha value is -2.67. The van der Waals surface area contributed by atoms with E-state index in [0.29, 0.717) is 11.1 Å². The van der Waals surface area contributed by atoms with Crippen LogP contribution in [0.3, 0.4) is 0 Å². The van der Waals surface area contributed by atoms with Gasteiger partial charge in [0.25, 0.3) is 0 Å². The zero-order valence-corrected chi connectivity index (χ0v) is 13.6. The van der Waals surface area contributed by atoms with Crippen molar-refractivity contribution >= 4 is 16.6 Å². The predicted molar refractivity (Wildman–Crippen MR) is 90.3 cm³/mol. The summed E-state index contributed by atoms with van der Waals surface area (Å²) in [7, 11) is 1.72. The van der Waals surface area contributed by atoms with Crippen molar-refractivity contribution in [3.8, 4) is 11.4 Å². The SMILES string of the molecule is COC1CCN(c2ccc(-n3ncc4cc(F)c(O)c(F)c43)cc2)C1. The van der Waals surface area contributed by atoms with Gasteiger partial charge in [-0.1, -0.05) is 0 Å². The molecular formula is C18H17F2N3O2. The number of halogens is 2. The average molecular weight is 345 g/mol. The number of benzene rings is 2. The topological polar surface area (TPSA) is 50.5 Å². The molecule has 130 valence electrons. The maximum atomic E-state index is 14.3. The fourth-order valence-corrected chi connectivity index (χ4v) is 3.26. The van der Waals surface area contributed by atoms with E-state index in [0.717, 1.165) is 31.3 Å². The first-order chi connectivity index (χ1) is 12.1. The van der Waals surface area contributed by atoms with Gasteiger partial charge in [0.2, 0.25) is 0 Å². The predicted octanol–water partition coefficient (Wildman–Crippen LogP) is 3.23. The van der Waals surface area contributed by atoms with Crippen molar-refractivity contribution in [2.24, 2.45) is 0 Å². The Kier molecular flexibility index (Phi) is 3.80. The van der Waals surface area contributed by atoms with E-state index < -0.39 is 17.4 Å². The molecule has 0 spiro atoms. The van der Waals surface area contributed by atoms with Crippen molar-refractivity contribution in [3.63, 3.8) is 0 Å². The van der Waals surface area contributed by atoms with Crippen LogP contribution in [0.2, 0.25) is 0 Å². The molecule has 5 nitrogen and oxygen atoms in total. The first kappa shape index (κ1) is 15.8. The highest BCUT2D eigenvalue weighted by atomic mass is 19.1. The fourth-order valence-electron chi connectivity index (χ4n) is 3.26. The molecule has 2 heterocycles. The summed E-state index contributed by atoms with van der Waals surface area (Å²) in [5.74, 6) is -3.01. The summed E-state index contributed by atoms with van der Waals surface area (Å²) in [5.41, 5.74) is 1.73. The van der Waals surface area contributed by atoms with Gasteiger partial charge in [-0.05, 0) is 36.8 Å². The van der Waals surface area contributed by atoms with Crippen LogP contribution in [0.4, 0.5) is 14.5 Å². The summed E-state index contributed by atoms with van der Waals surface area (Å²) in [6.07, 6.45) is 2.60. The largest absolute Gasteiger partial charge is 0.503 e. The highest BCUT2D eigenvalue weighted by Gasteiger charge is 2.22. The summed E-state index contributed by atoms with van der Waals surface area (Å²) in [4.78, 5) is 2.22. The highest BCUT2D eigenvalue weighted by molar-refractivity contribution is 5.82. The van der Waals surface area contributed by atoms with Crippen LogP contribution in [0.5, 0.6) is 5.75 Å². The molecule has 2 aromatic carbocycles. The molecule has 4 rings (SSSR count). The van der Waals surface area contributed by atoms with E-state index in [1.165, 1.54) is 10.9 Å². The second kappa shape index (κ2) is 6.00. The minimum Gasteiger partial charge on any atom is -0.503 e. The molecular weight excluding hydrogens is 328 g/mol. The summed E-state index contributed by atoms with van der Waals surface area (Å²) in [5, 5.41) is 13.9. The lowest BCUT2D eigenvalue weighted by Gasteiger charge is -2.18. The Labute approximate surface area is 143 Å². The van der Waals surface area contributed by atoms with Crippen LogP contribution >= 0.6 is 0 Å². The maximum Gasteiger partial charge on any atom is 0.194 e. The first-order valence-corrected chi connectivity index (χ1v) is 8.01. The third kappa shape index (κ3) is 2.60. The van der Waals surface area contributed by atoms with E-state index in [2.05, 4.69) is 10.00 Å². The average Bonchev–Trinajstić information content (AvgIpc) is 3.27. The second-order valence-electron chi connectivity index (χ2n) is 6.12. The van der Waals surface area contributed by atoms with E-state index in [-0.39, 0.29) is 11.6 Å². The van der Waals surface area contributed by atoms with Crippen molar-refractivity contribution in [2.75, 3.05) is 25.1 Å². The number of hydrogen-bond acceptors (Lipinski definition) is 4. The lowest BCUT2D eigenvalue weighted by atomic mass is 10.2. The summed E-state index contributed by atoms with van der Waals surface area (Å²) in [6.45, 7) is 1.76. The van der Waals surface area contributed by atoms with Gasteiger partial charge >= 0.3 is 0 Å². The number of rotatable bonds is 3. The number of aromatic hydroxyl groups is 1. The Balaban J connectivity index is 1.69. The molecule has 0 radical (unpaired) electrons. The number of fused-ring (bicyclic) bond motifs is 1. The number of phenols is 1. The minimum absolute atomic E-state index is 0.0484. The standard InChI is InChI=1S/C18H17F2N3O2/c1-25-14-6-7-22(10-14)12-2-4-13(5-3-12)23-17-11(9-21-23)8-15(19)18(24)16(17)20/h2-5,8-9,14,24H,6-7,10H2,1H3. The molecule has 7 heteroatoms. The molecule has 1 N–H and O–H groups in total. The number of methoxy groups -OCH3 is 1. The quantitative estimate of drug-likeness (QED) is 0.792. The Morgan fingerprint density at radius 2 is 1.92 bits per heavy atom. The number of hydrogen-bond donors (Lipinski definition) is 1. The molecule has 1 unspecified atom stereocenters. The van der Waals surface area contributed by atoms with Gasteiger partial charge in [0, 0.05) is 31.3 Å². The van der Waals surface area contributed by atoms with Gasteiger partial charge in [0.05, 0.1) is 18.0 Å². The molecule has 0 saturated carbocycles. The van der Waals surface area contributed by atoms with Gasteiger partial charge < -0.3 is 14.7 Å². The van der Waals surface area contributed by atoms with E-state index in [9.17, 15) is 13.9 Å². The van der Waals surface area contributed by atoms with Crippen molar-refractivity contribution in [3.05, 3.63) is 48.2 Å². The van der Waals surface area contributed by atoms with Gasteiger partial charge in [0.1, 0.15) is 5.52 Å². The maximum absolute atomic E-state index is 14.3. The van der Waals surface area contributed by atoms with Gasteiger partial charge in [-0.15, -0.1) is 0 Å². The second-order valence-corrected chi connectivity index (χ2v) is 6.12. The third-order valence-corrected chi connectivity index (χ3v) is 4.66. The Bertz CT molecular complexity index is 924. The number of aromatic nitrogens is 2. The molecule has 0 amide bonds. The number of nitrogens with zero attached hydrogens (tertiary/aromatic N) is 3. The molecule has 3 aromatic rings. The van der Waals surface area contributed by atoms with Gasteiger partial charge in [0.15, 0.2) is 17.4 Å². The van der Waals surface area contributed by atoms with Crippen LogP contribution < -0.4 is 4.90 Å². The zero-order chi connectivity index (χ0) is 17.6. The van der Waals surface area contributed by atoms with Crippen molar-refractivity contribution in [2.45, 2.75) is 12.5 Å². The normalized spacial score (nSPS) is 17.6. The molecule has 1 fully saturated rings. The van der Waals surface area contributed by atoms with Gasteiger partial charge in [-0.2, -0.15) is 5.10 Å². The molecule has 0 bridgehead atoms. The van der Waals surface area contributed by atoms with Crippen LogP contribution in [0, 0.1) is 11.6 Å². The van der Waals surface area contributed by atoms with Crippen LogP contribution in [-0.2, 0) is 4.74 Å². The molecule has 1 aromatic heterocycles. The lowest BCUT2D eigenvalue weighted by molar-refractivity contribution is 0.121. The summed E-state index contributed by atoms with van der Waals surface area (Å²) < 4.78 is 34.5. The molecule has 1 aliphatic rings. The fraction of sp³-hybridized carbons (Fsp3) is 0.278. The summed E-state index contributed by atoms with van der Waals surface area (Å²) in [6, 6.07) is 8.58. The monoisotopic (exact) mass is 345 g/mol. The number of anilines is 1. The van der Waals surface area contributed by atoms with E-state index in [1.54, 1.807) is 7.11 Å². The van der Waals surface area contributed by atoms with Crippen LogP contribution in [-0.4, -0.2) is 41.2 Å². The Morgan fingerprint density at radius 3 is 2.60 bits per heavy atom. The van der Waals surface area contributed by atoms with E-state index >= 15 is 0 Å². The minimum atomic E-state index is -1.01. The zero-order valence-electron chi connectivity index (χ0n) is 13.6. The molecule has 25 heavy (non-hydrogen) atoms. The van der Waals surface area contributed by atoms with Crippen molar-refractivity contribution in [1.82, 2.24) is 9.78 Å². The molecule has 1 saturated heterocycles. The van der Waals surface area contributed by atoms with Gasteiger partial charge in [-0.3, -0.25) is 0 Å². The highest BCUT2D eigenvalue weighted by Crippen LogP contribution is 2.31. The molecule has 1 aliphatic heterocycles. The first-order valence-electron chi connectivity index (χ1n) is 8.01. The van der Waals surface area contributed by atoms with Crippen LogP contribution in [0.1, 0.15) is 6.42 Å². The van der Waals surface area contributed by atoms with Crippen LogP contribution in [0.25, 0.3) is 16.6 Å². The van der Waals surface area contributed by atoms with Crippen molar-refractivity contribution in [1.29, 1.82) is 0 Å². The van der Waals surface area contributed by atoms with E-state index in [4.69, 9.17) is 4.74 Å². The number of ether oxygens (including phenoxy) is 1. The van der Waals surface area contributed by atoms with E-state index in [1.807, 2.05) is 24.3 Å². The molecule has 1 atom stereocenters.